The van der Waals surface area contributed by atoms with Gasteiger partial charge in [-0.2, -0.15) is 0 Å². The number of carbonyl (C=O) groups excluding carboxylic acids is 3. The van der Waals surface area contributed by atoms with E-state index in [-0.39, 0.29) is 38.2 Å². The highest BCUT2D eigenvalue weighted by molar-refractivity contribution is 6.03. The summed E-state index contributed by atoms with van der Waals surface area (Å²) in [4.78, 5) is 41.5. The topological polar surface area (TPSA) is 85.4 Å². The van der Waals surface area contributed by atoms with Crippen LogP contribution >= 0.6 is 0 Å². The van der Waals surface area contributed by atoms with Crippen LogP contribution in [0.4, 0.5) is 4.79 Å². The molecule has 1 saturated heterocycles. The lowest BCUT2D eigenvalue weighted by molar-refractivity contribution is -0.158. The number of amides is 3. The van der Waals surface area contributed by atoms with Crippen LogP contribution in [0.5, 0.6) is 5.75 Å². The molecule has 0 radical (unpaired) electrons. The fourth-order valence-corrected chi connectivity index (χ4v) is 4.27. The number of carbonyl (C=O) groups is 3. The van der Waals surface area contributed by atoms with Crippen molar-refractivity contribution in [2.75, 3.05) is 13.2 Å². The summed E-state index contributed by atoms with van der Waals surface area (Å²) >= 11 is 0. The summed E-state index contributed by atoms with van der Waals surface area (Å²) in [5.41, 5.74) is 1.64. The lowest BCUT2D eigenvalue weighted by Gasteiger charge is -2.24. The van der Waals surface area contributed by atoms with E-state index in [0.29, 0.717) is 12.2 Å². The maximum Gasteiger partial charge on any atom is 0.349 e. The SMILES string of the molecule is CCOC(=O)C(C)(C)Oc1ccc(CCOC2C(=O)N(Cc3ccccc3)C(=O)N2Cc2ccccc2)cc1. The zero-order valence-corrected chi connectivity index (χ0v) is 22.5. The van der Waals surface area contributed by atoms with Crippen LogP contribution in [0.3, 0.4) is 0 Å². The number of imide groups is 1. The summed E-state index contributed by atoms with van der Waals surface area (Å²) in [6.07, 6.45) is -0.480. The van der Waals surface area contributed by atoms with Gasteiger partial charge in [-0.3, -0.25) is 14.6 Å². The Hall–Kier alpha value is -4.17. The largest absolute Gasteiger partial charge is 0.476 e. The van der Waals surface area contributed by atoms with Crippen LogP contribution in [0.25, 0.3) is 0 Å². The summed E-state index contributed by atoms with van der Waals surface area (Å²) < 4.78 is 16.9. The molecule has 3 aromatic rings. The average Bonchev–Trinajstić information content (AvgIpc) is 3.14. The van der Waals surface area contributed by atoms with E-state index in [4.69, 9.17) is 14.2 Å². The zero-order valence-electron chi connectivity index (χ0n) is 22.5. The number of hydrogen-bond acceptors (Lipinski definition) is 6. The Bertz CT molecular complexity index is 1260. The van der Waals surface area contributed by atoms with Gasteiger partial charge in [-0.1, -0.05) is 72.8 Å². The third kappa shape index (κ3) is 7.03. The predicted octanol–water partition coefficient (Wildman–Crippen LogP) is 4.96. The molecular weight excluding hydrogens is 496 g/mol. The molecule has 1 unspecified atom stereocenters. The van der Waals surface area contributed by atoms with Gasteiger partial charge < -0.3 is 14.2 Å². The fraction of sp³-hybridized carbons (Fsp3) is 0.323. The van der Waals surface area contributed by atoms with Gasteiger partial charge in [0.1, 0.15) is 5.75 Å². The van der Waals surface area contributed by atoms with E-state index >= 15 is 0 Å². The van der Waals surface area contributed by atoms with E-state index in [1.807, 2.05) is 72.8 Å². The molecule has 8 heteroatoms. The van der Waals surface area contributed by atoms with Crippen LogP contribution in [0.15, 0.2) is 84.9 Å². The van der Waals surface area contributed by atoms with Gasteiger partial charge in [0.15, 0.2) is 5.60 Å². The number of benzene rings is 3. The number of ether oxygens (including phenoxy) is 3. The fourth-order valence-electron chi connectivity index (χ4n) is 4.27. The second-order valence-corrected chi connectivity index (χ2v) is 9.76. The molecule has 204 valence electrons. The normalized spacial score (nSPS) is 15.5. The number of urea groups is 1. The van der Waals surface area contributed by atoms with Crippen molar-refractivity contribution < 1.29 is 28.6 Å². The Morgan fingerprint density at radius 3 is 2.00 bits per heavy atom. The summed E-state index contributed by atoms with van der Waals surface area (Å²) in [5, 5.41) is 0. The van der Waals surface area contributed by atoms with Crippen molar-refractivity contribution in [1.82, 2.24) is 9.80 Å². The molecule has 1 fully saturated rings. The molecule has 4 rings (SSSR count). The Balaban J connectivity index is 1.40. The second kappa shape index (κ2) is 12.6. The van der Waals surface area contributed by atoms with Crippen LogP contribution in [0.1, 0.15) is 37.5 Å². The Morgan fingerprint density at radius 1 is 0.821 bits per heavy atom. The van der Waals surface area contributed by atoms with Crippen LogP contribution < -0.4 is 4.74 Å². The van der Waals surface area contributed by atoms with Crippen molar-refractivity contribution in [3.8, 4) is 5.75 Å². The lowest BCUT2D eigenvalue weighted by Crippen LogP contribution is -2.39. The number of esters is 1. The first kappa shape index (κ1) is 27.9. The monoisotopic (exact) mass is 530 g/mol. The first-order valence-electron chi connectivity index (χ1n) is 13.0. The molecule has 0 saturated carbocycles. The number of rotatable bonds is 12. The minimum absolute atomic E-state index is 0.188. The molecule has 0 spiro atoms. The van der Waals surface area contributed by atoms with E-state index in [9.17, 15) is 14.4 Å². The van der Waals surface area contributed by atoms with Gasteiger partial charge in [-0.05, 0) is 56.0 Å². The smallest absolute Gasteiger partial charge is 0.349 e. The highest BCUT2D eigenvalue weighted by Gasteiger charge is 2.45. The van der Waals surface area contributed by atoms with Gasteiger partial charge >= 0.3 is 12.0 Å². The first-order valence-corrected chi connectivity index (χ1v) is 13.0. The standard InChI is InChI=1S/C31H34N2O6/c1-4-37-29(35)31(2,3)39-26-17-15-23(16-18-26)19-20-38-28-27(34)32(21-24-11-7-5-8-12-24)30(36)33(28)22-25-13-9-6-10-14-25/h5-18,28H,4,19-22H2,1-3H3. The second-order valence-electron chi connectivity index (χ2n) is 9.76. The van der Waals surface area contributed by atoms with Gasteiger partial charge in [-0.25, -0.2) is 9.59 Å². The molecule has 1 aliphatic rings. The van der Waals surface area contributed by atoms with Crippen molar-refractivity contribution in [2.45, 2.75) is 52.1 Å². The van der Waals surface area contributed by atoms with Crippen LogP contribution in [-0.4, -0.2) is 52.8 Å². The molecule has 39 heavy (non-hydrogen) atoms. The Kier molecular flexibility index (Phi) is 8.99. The molecule has 8 nitrogen and oxygen atoms in total. The maximum absolute atomic E-state index is 13.3. The van der Waals surface area contributed by atoms with E-state index in [1.165, 1.54) is 9.80 Å². The van der Waals surface area contributed by atoms with Crippen molar-refractivity contribution in [2.24, 2.45) is 0 Å². The Morgan fingerprint density at radius 2 is 1.41 bits per heavy atom. The van der Waals surface area contributed by atoms with Gasteiger partial charge in [0.05, 0.1) is 26.3 Å². The molecule has 1 atom stereocenters. The minimum Gasteiger partial charge on any atom is -0.476 e. The Labute approximate surface area is 229 Å². The van der Waals surface area contributed by atoms with Crippen LogP contribution in [0, 0.1) is 0 Å². The van der Waals surface area contributed by atoms with Gasteiger partial charge in [0, 0.05) is 0 Å². The van der Waals surface area contributed by atoms with E-state index in [0.717, 1.165) is 16.7 Å². The summed E-state index contributed by atoms with van der Waals surface area (Å²) in [5.74, 6) is -0.260. The number of nitrogens with zero attached hydrogens (tertiary/aromatic N) is 2. The molecule has 1 heterocycles. The maximum atomic E-state index is 13.3. The van der Waals surface area contributed by atoms with E-state index < -0.39 is 17.8 Å². The molecule has 3 aromatic carbocycles. The third-order valence-corrected chi connectivity index (χ3v) is 6.35. The van der Waals surface area contributed by atoms with Gasteiger partial charge in [0.25, 0.3) is 5.91 Å². The van der Waals surface area contributed by atoms with Crippen molar-refractivity contribution in [1.29, 1.82) is 0 Å². The molecule has 0 bridgehead atoms. The number of hydrogen-bond donors (Lipinski definition) is 0. The van der Waals surface area contributed by atoms with E-state index in [1.54, 1.807) is 32.9 Å². The molecule has 0 N–H and O–H groups in total. The van der Waals surface area contributed by atoms with Crippen molar-refractivity contribution in [3.05, 3.63) is 102 Å². The molecule has 0 aliphatic carbocycles. The average molecular weight is 531 g/mol. The van der Waals surface area contributed by atoms with Crippen molar-refractivity contribution >= 4 is 17.9 Å². The van der Waals surface area contributed by atoms with Gasteiger partial charge in [0.2, 0.25) is 6.23 Å². The highest BCUT2D eigenvalue weighted by Crippen LogP contribution is 2.25. The van der Waals surface area contributed by atoms with Gasteiger partial charge in [-0.15, -0.1) is 0 Å². The van der Waals surface area contributed by atoms with Crippen molar-refractivity contribution in [3.63, 3.8) is 0 Å². The minimum atomic E-state index is -1.11. The third-order valence-electron chi connectivity index (χ3n) is 6.35. The molecule has 3 amide bonds. The summed E-state index contributed by atoms with van der Waals surface area (Å²) in [6.45, 7) is 6.05. The molecular formula is C31H34N2O6. The zero-order chi connectivity index (χ0) is 27.8. The first-order chi connectivity index (χ1) is 18.8. The van der Waals surface area contributed by atoms with Crippen LogP contribution in [0.2, 0.25) is 0 Å². The predicted molar refractivity (Wildman–Crippen MR) is 146 cm³/mol. The highest BCUT2D eigenvalue weighted by atomic mass is 16.6. The van der Waals surface area contributed by atoms with E-state index in [2.05, 4.69) is 0 Å². The van der Waals surface area contributed by atoms with Crippen LogP contribution in [-0.2, 0) is 38.6 Å². The molecule has 1 aliphatic heterocycles. The summed E-state index contributed by atoms with van der Waals surface area (Å²) in [6, 6.07) is 25.9. The summed E-state index contributed by atoms with van der Waals surface area (Å²) in [7, 11) is 0. The quantitative estimate of drug-likeness (QED) is 0.243. The lowest BCUT2D eigenvalue weighted by atomic mass is 10.1. The molecule has 0 aromatic heterocycles.